The number of hydrogen-bond acceptors (Lipinski definition) is 6. The van der Waals surface area contributed by atoms with Gasteiger partial charge >= 0.3 is 0 Å². The fourth-order valence-corrected chi connectivity index (χ4v) is 3.00. The molecule has 3 rings (SSSR count). The van der Waals surface area contributed by atoms with E-state index in [-0.39, 0.29) is 6.04 Å². The van der Waals surface area contributed by atoms with E-state index in [4.69, 9.17) is 21.5 Å². The van der Waals surface area contributed by atoms with Crippen molar-refractivity contribution in [2.45, 2.75) is 40.2 Å². The molecule has 0 bridgehead atoms. The van der Waals surface area contributed by atoms with Crippen LogP contribution < -0.4 is 27.3 Å². The summed E-state index contributed by atoms with van der Waals surface area (Å²) in [5.41, 5.74) is 22.4. The molecule has 0 saturated heterocycles. The maximum Gasteiger partial charge on any atom is 0.120 e. The van der Waals surface area contributed by atoms with Crippen LogP contribution in [0.4, 0.5) is 11.4 Å². The molecular weight excluding hydrogens is 422 g/mol. The van der Waals surface area contributed by atoms with Crippen molar-refractivity contribution in [3.63, 3.8) is 0 Å². The molecule has 6 heteroatoms. The van der Waals surface area contributed by atoms with Gasteiger partial charge in [0.1, 0.15) is 5.75 Å². The Morgan fingerprint density at radius 3 is 2.12 bits per heavy atom. The number of methoxy groups -OCH3 is 1. The SMILES string of the molecule is CC.CCCNc1ccccc1C(N)c1ccccc1N.CN.COc1ccc(C)c(C#N)c1. The lowest BCUT2D eigenvalue weighted by Gasteiger charge is -2.19. The first-order valence-electron chi connectivity index (χ1n) is 11.6. The summed E-state index contributed by atoms with van der Waals surface area (Å²) in [7, 11) is 3.09. The molecule has 0 aliphatic rings. The molecule has 1 atom stereocenters. The highest BCUT2D eigenvalue weighted by atomic mass is 16.5. The Hall–Kier alpha value is -3.53. The van der Waals surface area contributed by atoms with Gasteiger partial charge in [0.25, 0.3) is 0 Å². The average molecular weight is 464 g/mol. The summed E-state index contributed by atoms with van der Waals surface area (Å²) in [5, 5.41) is 12.0. The Morgan fingerprint density at radius 2 is 1.56 bits per heavy atom. The summed E-state index contributed by atoms with van der Waals surface area (Å²) in [6, 6.07) is 23.2. The standard InChI is InChI=1S/C16H21N3.C9H9NO.C2H6.CH5N/c1-2-11-19-15-10-6-4-8-13(15)16(18)12-7-3-5-9-14(12)17;1-7-3-4-9(11-2)5-8(7)6-10;2*1-2/h3-10,16,19H,2,11,17-18H2,1H3;3-5H,1-2H3;1-2H3;2H2,1H3. The van der Waals surface area contributed by atoms with Crippen molar-refractivity contribution < 1.29 is 4.74 Å². The van der Waals surface area contributed by atoms with Gasteiger partial charge in [0.05, 0.1) is 24.8 Å². The number of anilines is 2. The summed E-state index contributed by atoms with van der Waals surface area (Å²) in [5.74, 6) is 0.729. The van der Waals surface area contributed by atoms with Crippen LogP contribution >= 0.6 is 0 Å². The normalized spacial score (nSPS) is 9.97. The number of nitrogens with one attached hydrogen (secondary N) is 1. The van der Waals surface area contributed by atoms with Crippen LogP contribution in [0, 0.1) is 18.3 Å². The van der Waals surface area contributed by atoms with Gasteiger partial charge in [-0.1, -0.05) is 63.2 Å². The molecule has 0 spiro atoms. The van der Waals surface area contributed by atoms with Gasteiger partial charge in [0, 0.05) is 17.9 Å². The summed E-state index contributed by atoms with van der Waals surface area (Å²) in [6.07, 6.45) is 1.08. The van der Waals surface area contributed by atoms with Gasteiger partial charge in [0.15, 0.2) is 0 Å². The highest BCUT2D eigenvalue weighted by Gasteiger charge is 2.14. The lowest BCUT2D eigenvalue weighted by Crippen LogP contribution is -2.16. The molecule has 0 fully saturated rings. The Kier molecular flexibility index (Phi) is 16.1. The third kappa shape index (κ3) is 9.53. The quantitative estimate of drug-likeness (QED) is 0.352. The van der Waals surface area contributed by atoms with Crippen LogP contribution in [0.1, 0.15) is 55.5 Å². The fraction of sp³-hybridized carbons (Fsp3) is 0.321. The maximum absolute atomic E-state index is 8.63. The first kappa shape index (κ1) is 30.5. The minimum atomic E-state index is -0.207. The summed E-state index contributed by atoms with van der Waals surface area (Å²) >= 11 is 0. The lowest BCUT2D eigenvalue weighted by molar-refractivity contribution is 0.414. The van der Waals surface area contributed by atoms with E-state index < -0.39 is 0 Å². The molecule has 3 aromatic carbocycles. The van der Waals surface area contributed by atoms with Crippen LogP contribution in [-0.2, 0) is 0 Å². The molecule has 0 radical (unpaired) electrons. The zero-order valence-electron chi connectivity index (χ0n) is 21.4. The number of nitriles is 1. The monoisotopic (exact) mass is 463 g/mol. The molecule has 0 saturated carbocycles. The highest BCUT2D eigenvalue weighted by Crippen LogP contribution is 2.29. The van der Waals surface area contributed by atoms with Gasteiger partial charge in [-0.15, -0.1) is 0 Å². The van der Waals surface area contributed by atoms with E-state index in [9.17, 15) is 0 Å². The van der Waals surface area contributed by atoms with Gasteiger partial charge in [0.2, 0.25) is 0 Å². The van der Waals surface area contributed by atoms with Crippen molar-refractivity contribution in [1.82, 2.24) is 0 Å². The lowest BCUT2D eigenvalue weighted by atomic mass is 9.96. The molecule has 0 aliphatic carbocycles. The van der Waals surface area contributed by atoms with E-state index in [1.165, 1.54) is 7.05 Å². The highest BCUT2D eigenvalue weighted by molar-refractivity contribution is 5.59. The molecule has 34 heavy (non-hydrogen) atoms. The number of nitrogens with two attached hydrogens (primary N) is 3. The van der Waals surface area contributed by atoms with Crippen LogP contribution in [-0.4, -0.2) is 20.7 Å². The van der Waals surface area contributed by atoms with Gasteiger partial charge < -0.3 is 27.3 Å². The molecule has 6 nitrogen and oxygen atoms in total. The molecule has 0 amide bonds. The number of hydrogen-bond donors (Lipinski definition) is 4. The third-order valence-corrected chi connectivity index (χ3v) is 4.76. The Morgan fingerprint density at radius 1 is 0.971 bits per heavy atom. The molecular formula is C28H41N5O. The van der Waals surface area contributed by atoms with Crippen LogP contribution in [0.3, 0.4) is 0 Å². The number of aryl methyl sites for hydroxylation is 1. The molecule has 1 unspecified atom stereocenters. The van der Waals surface area contributed by atoms with E-state index in [0.29, 0.717) is 5.56 Å². The van der Waals surface area contributed by atoms with Crippen LogP contribution in [0.5, 0.6) is 5.75 Å². The number of para-hydroxylation sites is 2. The first-order valence-corrected chi connectivity index (χ1v) is 11.6. The molecule has 7 N–H and O–H groups in total. The minimum absolute atomic E-state index is 0.207. The minimum Gasteiger partial charge on any atom is -0.497 e. The van der Waals surface area contributed by atoms with Gasteiger partial charge in [-0.2, -0.15) is 5.26 Å². The fourth-order valence-electron chi connectivity index (χ4n) is 3.00. The summed E-state index contributed by atoms with van der Waals surface area (Å²) in [6.45, 7) is 8.98. The average Bonchev–Trinajstić information content (AvgIpc) is 2.90. The van der Waals surface area contributed by atoms with Crippen molar-refractivity contribution in [1.29, 1.82) is 5.26 Å². The molecule has 0 aliphatic heterocycles. The second-order valence-corrected chi connectivity index (χ2v) is 6.91. The topological polar surface area (TPSA) is 123 Å². The van der Waals surface area contributed by atoms with E-state index in [1.807, 2.05) is 69.3 Å². The van der Waals surface area contributed by atoms with Crippen molar-refractivity contribution >= 4 is 11.4 Å². The first-order chi connectivity index (χ1) is 16.5. The van der Waals surface area contributed by atoms with Crippen molar-refractivity contribution in [2.75, 3.05) is 31.8 Å². The zero-order valence-corrected chi connectivity index (χ0v) is 21.4. The van der Waals surface area contributed by atoms with Crippen molar-refractivity contribution in [3.8, 4) is 11.8 Å². The number of benzene rings is 3. The van der Waals surface area contributed by atoms with Gasteiger partial charge in [-0.3, -0.25) is 0 Å². The van der Waals surface area contributed by atoms with Crippen LogP contribution in [0.25, 0.3) is 0 Å². The van der Waals surface area contributed by atoms with Crippen molar-refractivity contribution in [3.05, 3.63) is 89.0 Å². The Balaban J connectivity index is 0.000000618. The van der Waals surface area contributed by atoms with Gasteiger partial charge in [-0.25, -0.2) is 0 Å². The number of ether oxygens (including phenoxy) is 1. The van der Waals surface area contributed by atoms with E-state index in [1.54, 1.807) is 13.2 Å². The molecule has 184 valence electrons. The van der Waals surface area contributed by atoms with E-state index in [0.717, 1.165) is 46.8 Å². The largest absolute Gasteiger partial charge is 0.497 e. The maximum atomic E-state index is 8.63. The Bertz CT molecular complexity index is 998. The number of nitrogen functional groups attached to an aromatic ring is 1. The second-order valence-electron chi connectivity index (χ2n) is 6.91. The van der Waals surface area contributed by atoms with Gasteiger partial charge in [-0.05, 0) is 61.3 Å². The summed E-state index contributed by atoms with van der Waals surface area (Å²) in [4.78, 5) is 0. The number of rotatable bonds is 6. The van der Waals surface area contributed by atoms with Crippen molar-refractivity contribution in [2.24, 2.45) is 11.5 Å². The summed E-state index contributed by atoms with van der Waals surface area (Å²) < 4.78 is 4.96. The molecule has 0 heterocycles. The van der Waals surface area contributed by atoms with Crippen LogP contribution in [0.15, 0.2) is 66.7 Å². The predicted octanol–water partition coefficient (Wildman–Crippen LogP) is 5.62. The Labute approximate surface area is 205 Å². The predicted molar refractivity (Wildman–Crippen MR) is 146 cm³/mol. The number of nitrogens with zero attached hydrogens (tertiary/aromatic N) is 1. The van der Waals surface area contributed by atoms with Crippen LogP contribution in [0.2, 0.25) is 0 Å². The molecule has 0 aromatic heterocycles. The smallest absolute Gasteiger partial charge is 0.120 e. The van der Waals surface area contributed by atoms with E-state index in [2.05, 4.69) is 36.2 Å². The molecule has 3 aromatic rings. The van der Waals surface area contributed by atoms with E-state index >= 15 is 0 Å². The zero-order chi connectivity index (χ0) is 25.9. The second kappa shape index (κ2) is 18.0. The third-order valence-electron chi connectivity index (χ3n) is 4.76.